The molecule has 0 aliphatic heterocycles. The fourth-order valence-electron chi connectivity index (χ4n) is 1.41. The molecule has 2 amide bonds. The smallest absolute Gasteiger partial charge is 0.329 e. The van der Waals surface area contributed by atoms with Crippen molar-refractivity contribution in [2.45, 2.75) is 59.0 Å². The van der Waals surface area contributed by atoms with E-state index in [0.29, 0.717) is 18.8 Å². The first-order valence-corrected chi connectivity index (χ1v) is 6.11. The molecule has 0 fully saturated rings. The molecule has 0 spiro atoms. The van der Waals surface area contributed by atoms with Crippen molar-refractivity contribution >= 4 is 12.0 Å². The van der Waals surface area contributed by atoms with Crippen LogP contribution in [0.3, 0.4) is 0 Å². The molecule has 0 rings (SSSR count). The van der Waals surface area contributed by atoms with Crippen molar-refractivity contribution in [3.63, 3.8) is 0 Å². The van der Waals surface area contributed by atoms with Gasteiger partial charge in [-0.05, 0) is 25.7 Å². The summed E-state index contributed by atoms with van der Waals surface area (Å²) in [6.45, 7) is 9.39. The average molecular weight is 244 g/mol. The summed E-state index contributed by atoms with van der Waals surface area (Å²) >= 11 is 0. The van der Waals surface area contributed by atoms with Crippen LogP contribution >= 0.6 is 0 Å². The van der Waals surface area contributed by atoms with Gasteiger partial charge in [0.05, 0.1) is 0 Å². The van der Waals surface area contributed by atoms with E-state index in [1.54, 1.807) is 13.8 Å². The zero-order chi connectivity index (χ0) is 13.6. The van der Waals surface area contributed by atoms with Crippen LogP contribution in [0.4, 0.5) is 4.79 Å². The molecule has 0 aromatic carbocycles. The average Bonchev–Trinajstić information content (AvgIpc) is 2.25. The third kappa shape index (κ3) is 4.24. The Morgan fingerprint density at radius 2 is 1.65 bits per heavy atom. The molecule has 0 heterocycles. The summed E-state index contributed by atoms with van der Waals surface area (Å²) in [5.41, 5.74) is -1.17. The van der Waals surface area contributed by atoms with E-state index in [0.717, 1.165) is 0 Å². The van der Waals surface area contributed by atoms with Gasteiger partial charge in [-0.1, -0.05) is 27.7 Å². The lowest BCUT2D eigenvalue weighted by Crippen LogP contribution is -2.58. The number of carbonyl (C=O) groups is 2. The summed E-state index contributed by atoms with van der Waals surface area (Å²) in [7, 11) is 0. The van der Waals surface area contributed by atoms with E-state index < -0.39 is 17.5 Å². The minimum absolute atomic E-state index is 0.00945. The Labute approximate surface area is 103 Å². The molecule has 0 saturated heterocycles. The van der Waals surface area contributed by atoms with Gasteiger partial charge < -0.3 is 15.7 Å². The molecule has 0 bridgehead atoms. The second-order valence-electron chi connectivity index (χ2n) is 4.73. The summed E-state index contributed by atoms with van der Waals surface area (Å²) in [6.07, 6.45) is 0.727. The second-order valence-corrected chi connectivity index (χ2v) is 4.73. The molecular formula is C12H24N2O3. The standard InChI is InChI=1S/C12H24N2O3/c1-6-12(7-2,10(15)16)14-11(17)13-9(5)8(3)4/h8-9H,6-7H2,1-5H3,(H,15,16)(H2,13,14,17). The quantitative estimate of drug-likeness (QED) is 0.668. The lowest BCUT2D eigenvalue weighted by molar-refractivity contribution is -0.144. The Bertz CT molecular complexity index is 273. The Hall–Kier alpha value is -1.26. The Kier molecular flexibility index (Phi) is 5.99. The summed E-state index contributed by atoms with van der Waals surface area (Å²) in [6, 6.07) is -0.410. The van der Waals surface area contributed by atoms with E-state index in [1.165, 1.54) is 0 Å². The lowest BCUT2D eigenvalue weighted by Gasteiger charge is -2.29. The molecule has 3 N–H and O–H groups in total. The first-order valence-electron chi connectivity index (χ1n) is 6.11. The number of rotatable bonds is 6. The normalized spacial score (nSPS) is 13.3. The Morgan fingerprint density at radius 3 is 1.94 bits per heavy atom. The number of hydrogen-bond acceptors (Lipinski definition) is 2. The zero-order valence-electron chi connectivity index (χ0n) is 11.3. The van der Waals surface area contributed by atoms with Crippen molar-refractivity contribution in [1.82, 2.24) is 10.6 Å². The van der Waals surface area contributed by atoms with Gasteiger partial charge in [-0.25, -0.2) is 9.59 Å². The minimum Gasteiger partial charge on any atom is -0.480 e. The van der Waals surface area contributed by atoms with Crippen LogP contribution in [-0.4, -0.2) is 28.7 Å². The molecule has 5 heteroatoms. The van der Waals surface area contributed by atoms with Gasteiger partial charge in [0.1, 0.15) is 5.54 Å². The van der Waals surface area contributed by atoms with Crippen molar-refractivity contribution in [2.24, 2.45) is 5.92 Å². The maximum absolute atomic E-state index is 11.7. The SMILES string of the molecule is CCC(CC)(NC(=O)NC(C)C(C)C)C(=O)O. The van der Waals surface area contributed by atoms with E-state index >= 15 is 0 Å². The highest BCUT2D eigenvalue weighted by Gasteiger charge is 2.36. The van der Waals surface area contributed by atoms with Gasteiger partial charge in [0.15, 0.2) is 0 Å². The van der Waals surface area contributed by atoms with E-state index in [-0.39, 0.29) is 6.04 Å². The third-order valence-corrected chi connectivity index (χ3v) is 3.33. The van der Waals surface area contributed by atoms with Crippen LogP contribution in [0.2, 0.25) is 0 Å². The number of hydrogen-bond donors (Lipinski definition) is 3. The van der Waals surface area contributed by atoms with Crippen LogP contribution < -0.4 is 10.6 Å². The van der Waals surface area contributed by atoms with Crippen LogP contribution in [0.15, 0.2) is 0 Å². The largest absolute Gasteiger partial charge is 0.480 e. The van der Waals surface area contributed by atoms with Crippen molar-refractivity contribution in [3.8, 4) is 0 Å². The third-order valence-electron chi connectivity index (χ3n) is 3.33. The molecule has 5 nitrogen and oxygen atoms in total. The first kappa shape index (κ1) is 15.7. The highest BCUT2D eigenvalue weighted by Crippen LogP contribution is 2.15. The summed E-state index contributed by atoms with van der Waals surface area (Å²) < 4.78 is 0. The Morgan fingerprint density at radius 1 is 1.18 bits per heavy atom. The van der Waals surface area contributed by atoms with Crippen molar-refractivity contribution in [2.75, 3.05) is 0 Å². The molecule has 1 atom stereocenters. The molecule has 0 saturated carbocycles. The van der Waals surface area contributed by atoms with Crippen LogP contribution in [0.1, 0.15) is 47.5 Å². The number of carbonyl (C=O) groups excluding carboxylic acids is 1. The van der Waals surface area contributed by atoms with Crippen molar-refractivity contribution in [3.05, 3.63) is 0 Å². The second kappa shape index (κ2) is 6.47. The lowest BCUT2D eigenvalue weighted by atomic mass is 9.93. The predicted molar refractivity (Wildman–Crippen MR) is 66.9 cm³/mol. The van der Waals surface area contributed by atoms with Gasteiger partial charge in [-0.15, -0.1) is 0 Å². The molecule has 100 valence electrons. The number of carboxylic acid groups (broad SMARTS) is 1. The summed E-state index contributed by atoms with van der Waals surface area (Å²) in [5, 5.41) is 14.5. The van der Waals surface area contributed by atoms with Gasteiger partial charge in [0.25, 0.3) is 0 Å². The molecule has 1 unspecified atom stereocenters. The van der Waals surface area contributed by atoms with E-state index in [4.69, 9.17) is 0 Å². The van der Waals surface area contributed by atoms with Crippen LogP contribution in [0.5, 0.6) is 0 Å². The Balaban J connectivity index is 4.58. The van der Waals surface area contributed by atoms with E-state index in [9.17, 15) is 14.7 Å². The summed E-state index contributed by atoms with van der Waals surface area (Å²) in [5.74, 6) is -0.682. The molecular weight excluding hydrogens is 220 g/mol. The number of nitrogens with one attached hydrogen (secondary N) is 2. The molecule has 0 aliphatic rings. The maximum Gasteiger partial charge on any atom is 0.329 e. The van der Waals surface area contributed by atoms with Crippen molar-refractivity contribution in [1.29, 1.82) is 0 Å². The molecule has 0 aromatic rings. The summed E-state index contributed by atoms with van der Waals surface area (Å²) in [4.78, 5) is 22.9. The van der Waals surface area contributed by atoms with Crippen LogP contribution in [-0.2, 0) is 4.79 Å². The molecule has 0 radical (unpaired) electrons. The van der Waals surface area contributed by atoms with Gasteiger partial charge in [-0.2, -0.15) is 0 Å². The molecule has 0 aliphatic carbocycles. The highest BCUT2D eigenvalue weighted by molar-refractivity contribution is 5.86. The molecule has 17 heavy (non-hydrogen) atoms. The van der Waals surface area contributed by atoms with Gasteiger partial charge >= 0.3 is 12.0 Å². The predicted octanol–water partition coefficient (Wildman–Crippen LogP) is 1.97. The van der Waals surface area contributed by atoms with Crippen molar-refractivity contribution < 1.29 is 14.7 Å². The molecule has 0 aromatic heterocycles. The van der Waals surface area contributed by atoms with Crippen LogP contribution in [0, 0.1) is 5.92 Å². The fraction of sp³-hybridized carbons (Fsp3) is 0.833. The van der Waals surface area contributed by atoms with Crippen LogP contribution in [0.25, 0.3) is 0 Å². The number of carboxylic acids is 1. The van der Waals surface area contributed by atoms with E-state index in [2.05, 4.69) is 10.6 Å². The monoisotopic (exact) mass is 244 g/mol. The minimum atomic E-state index is -1.17. The zero-order valence-corrected chi connectivity index (χ0v) is 11.3. The van der Waals surface area contributed by atoms with Gasteiger partial charge in [-0.3, -0.25) is 0 Å². The topological polar surface area (TPSA) is 78.4 Å². The highest BCUT2D eigenvalue weighted by atomic mass is 16.4. The van der Waals surface area contributed by atoms with E-state index in [1.807, 2.05) is 20.8 Å². The number of aliphatic carboxylic acids is 1. The maximum atomic E-state index is 11.7. The number of urea groups is 1. The van der Waals surface area contributed by atoms with Gasteiger partial charge in [0.2, 0.25) is 0 Å². The first-order chi connectivity index (χ1) is 7.79. The van der Waals surface area contributed by atoms with Gasteiger partial charge in [0, 0.05) is 6.04 Å². The number of amides is 2. The fourth-order valence-corrected chi connectivity index (χ4v) is 1.41.